The highest BCUT2D eigenvalue weighted by molar-refractivity contribution is 5.90. The van der Waals surface area contributed by atoms with Crippen LogP contribution in [0.5, 0.6) is 5.75 Å². The van der Waals surface area contributed by atoms with Gasteiger partial charge in [-0.15, -0.1) is 6.42 Å². The fraction of sp³-hybridized carbons (Fsp3) is 0.0714. The molecule has 2 N–H and O–H groups in total. The van der Waals surface area contributed by atoms with Crippen LogP contribution in [0.2, 0.25) is 0 Å². The summed E-state index contributed by atoms with van der Waals surface area (Å²) in [5.74, 6) is -0.101. The molecule has 20 heavy (non-hydrogen) atoms. The number of aromatic hydroxyl groups is 1. The first kappa shape index (κ1) is 15.4. The summed E-state index contributed by atoms with van der Waals surface area (Å²) >= 11 is 0. The number of carboxylic acids is 1. The molecule has 2 rings (SSSR count). The van der Waals surface area contributed by atoms with E-state index >= 15 is 0 Å². The van der Waals surface area contributed by atoms with Crippen molar-refractivity contribution in [2.45, 2.75) is 6.18 Å². The lowest BCUT2D eigenvalue weighted by Gasteiger charge is -2.02. The van der Waals surface area contributed by atoms with Gasteiger partial charge >= 0.3 is 12.1 Å². The molecule has 0 fully saturated rings. The van der Waals surface area contributed by atoms with Gasteiger partial charge in [-0.05, 0) is 11.5 Å². The van der Waals surface area contributed by atoms with Crippen LogP contribution >= 0.6 is 0 Å². The van der Waals surface area contributed by atoms with Crippen LogP contribution < -0.4 is 0 Å². The maximum absolute atomic E-state index is 10.6. The molecule has 2 aromatic rings. The first-order valence-electron chi connectivity index (χ1n) is 5.24. The number of terminal acetylenes is 1. The van der Waals surface area contributed by atoms with Gasteiger partial charge in [-0.3, -0.25) is 0 Å². The summed E-state index contributed by atoms with van der Waals surface area (Å²) in [4.78, 5) is 8.90. The molecular weight excluding hydrogens is 273 g/mol. The lowest BCUT2D eigenvalue weighted by molar-refractivity contribution is -0.192. The summed E-state index contributed by atoms with van der Waals surface area (Å²) in [5.41, 5.74) is 0.568. The number of phenols is 1. The highest BCUT2D eigenvalue weighted by Crippen LogP contribution is 2.25. The van der Waals surface area contributed by atoms with Gasteiger partial charge in [0, 0.05) is 5.39 Å². The smallest absolute Gasteiger partial charge is 0.490 e. The second kappa shape index (κ2) is 5.97. The predicted molar refractivity (Wildman–Crippen MR) is 67.2 cm³/mol. The number of carboxylic acid groups (broad SMARTS) is 1. The minimum Gasteiger partial charge on any atom is -0.507 e. The number of carbonyl (C=O) groups is 1. The normalized spacial score (nSPS) is 10.3. The van der Waals surface area contributed by atoms with Crippen molar-refractivity contribution in [2.75, 3.05) is 0 Å². The molecule has 104 valence electrons. The Hall–Kier alpha value is -2.68. The van der Waals surface area contributed by atoms with E-state index in [2.05, 4.69) is 5.92 Å². The van der Waals surface area contributed by atoms with Gasteiger partial charge in [0.2, 0.25) is 0 Å². The van der Waals surface area contributed by atoms with Crippen molar-refractivity contribution < 1.29 is 28.2 Å². The number of alkyl halides is 3. The molecule has 0 saturated carbocycles. The molecule has 0 aliphatic heterocycles. The minimum atomic E-state index is -5.08. The third kappa shape index (κ3) is 3.65. The van der Waals surface area contributed by atoms with E-state index in [0.717, 1.165) is 10.8 Å². The monoisotopic (exact) mass is 282 g/mol. The van der Waals surface area contributed by atoms with Gasteiger partial charge in [0.1, 0.15) is 5.75 Å². The first-order chi connectivity index (χ1) is 9.27. The fourth-order valence-corrected chi connectivity index (χ4v) is 1.41. The van der Waals surface area contributed by atoms with Crippen molar-refractivity contribution in [3.63, 3.8) is 0 Å². The Morgan fingerprint density at radius 1 is 1.15 bits per heavy atom. The van der Waals surface area contributed by atoms with Crippen LogP contribution in [0, 0.1) is 12.3 Å². The maximum Gasteiger partial charge on any atom is 0.490 e. The number of phenolic OH excluding ortho intramolecular Hbond substituents is 1. The number of rotatable bonds is 0. The van der Waals surface area contributed by atoms with Gasteiger partial charge in [0.15, 0.2) is 0 Å². The Bertz CT molecular complexity index is 669. The summed E-state index contributed by atoms with van der Waals surface area (Å²) in [5, 5.41) is 18.6. The fourth-order valence-electron chi connectivity index (χ4n) is 1.41. The second-order valence-electron chi connectivity index (χ2n) is 3.63. The summed E-state index contributed by atoms with van der Waals surface area (Å²) in [6.45, 7) is 0. The SMILES string of the molecule is C#Cc1c(O)ccc2ccccc12.O=C(O)C(F)(F)F. The molecule has 0 saturated heterocycles. The molecule has 0 amide bonds. The Morgan fingerprint density at radius 3 is 2.20 bits per heavy atom. The number of halogens is 3. The summed E-state index contributed by atoms with van der Waals surface area (Å²) in [7, 11) is 0. The van der Waals surface area contributed by atoms with Crippen molar-refractivity contribution in [2.24, 2.45) is 0 Å². The molecule has 6 heteroatoms. The largest absolute Gasteiger partial charge is 0.507 e. The average Bonchev–Trinajstić information content (AvgIpc) is 2.38. The quantitative estimate of drug-likeness (QED) is 0.730. The summed E-state index contributed by atoms with van der Waals surface area (Å²) < 4.78 is 31.7. The Labute approximate surface area is 112 Å². The summed E-state index contributed by atoms with van der Waals surface area (Å²) in [6.07, 6.45) is 0.223. The molecule has 0 radical (unpaired) electrons. The third-order valence-corrected chi connectivity index (χ3v) is 2.29. The molecular formula is C14H9F3O3. The van der Waals surface area contributed by atoms with Crippen molar-refractivity contribution in [3.8, 4) is 18.1 Å². The van der Waals surface area contributed by atoms with Gasteiger partial charge < -0.3 is 10.2 Å². The van der Waals surface area contributed by atoms with Crippen LogP contribution in [0.15, 0.2) is 36.4 Å². The molecule has 0 bridgehead atoms. The highest BCUT2D eigenvalue weighted by Gasteiger charge is 2.38. The first-order valence-corrected chi connectivity index (χ1v) is 5.24. The topological polar surface area (TPSA) is 57.5 Å². The van der Waals surface area contributed by atoms with Crippen molar-refractivity contribution >= 4 is 16.7 Å². The maximum atomic E-state index is 10.6. The van der Waals surface area contributed by atoms with Crippen molar-refractivity contribution in [3.05, 3.63) is 42.0 Å². The van der Waals surface area contributed by atoms with Crippen LogP contribution in [-0.4, -0.2) is 22.4 Å². The molecule has 2 aromatic carbocycles. The number of hydrogen-bond acceptors (Lipinski definition) is 2. The van der Waals surface area contributed by atoms with Gasteiger partial charge in [-0.1, -0.05) is 36.3 Å². The molecule has 0 aromatic heterocycles. The van der Waals surface area contributed by atoms with Gasteiger partial charge in [-0.2, -0.15) is 13.2 Å². The van der Waals surface area contributed by atoms with Crippen molar-refractivity contribution in [1.29, 1.82) is 0 Å². The van der Waals surface area contributed by atoms with E-state index in [9.17, 15) is 18.3 Å². The van der Waals surface area contributed by atoms with E-state index in [1.165, 1.54) is 0 Å². The Balaban J connectivity index is 0.000000246. The molecule has 0 aliphatic rings. The number of benzene rings is 2. The summed E-state index contributed by atoms with van der Waals surface area (Å²) in [6, 6.07) is 11.2. The van der Waals surface area contributed by atoms with Crippen LogP contribution in [0.3, 0.4) is 0 Å². The minimum absolute atomic E-state index is 0.168. The predicted octanol–water partition coefficient (Wildman–Crippen LogP) is 3.16. The van der Waals surface area contributed by atoms with E-state index in [1.807, 2.05) is 30.3 Å². The molecule has 0 heterocycles. The lowest BCUT2D eigenvalue weighted by atomic mass is 10.0. The van der Waals surface area contributed by atoms with E-state index < -0.39 is 12.1 Å². The van der Waals surface area contributed by atoms with Crippen LogP contribution in [0.25, 0.3) is 10.8 Å². The Kier molecular flexibility index (Phi) is 4.59. The average molecular weight is 282 g/mol. The van der Waals surface area contributed by atoms with E-state index in [1.54, 1.807) is 6.07 Å². The molecule has 0 atom stereocenters. The van der Waals surface area contributed by atoms with Gasteiger partial charge in [0.25, 0.3) is 0 Å². The lowest BCUT2D eigenvalue weighted by Crippen LogP contribution is -2.21. The van der Waals surface area contributed by atoms with Crippen LogP contribution in [0.4, 0.5) is 13.2 Å². The van der Waals surface area contributed by atoms with Gasteiger partial charge in [-0.25, -0.2) is 4.79 Å². The van der Waals surface area contributed by atoms with E-state index in [4.69, 9.17) is 16.3 Å². The van der Waals surface area contributed by atoms with Crippen molar-refractivity contribution in [1.82, 2.24) is 0 Å². The van der Waals surface area contributed by atoms with Crippen LogP contribution in [-0.2, 0) is 4.79 Å². The molecule has 3 nitrogen and oxygen atoms in total. The standard InChI is InChI=1S/C12H8O.C2HF3O2/c1-2-10-11-6-4-3-5-9(11)7-8-12(10)13;3-2(4,5)1(6)7/h1,3-8,13H;(H,6,7). The number of hydrogen-bond donors (Lipinski definition) is 2. The number of fused-ring (bicyclic) bond motifs is 1. The second-order valence-corrected chi connectivity index (χ2v) is 3.63. The molecule has 0 unspecified atom stereocenters. The third-order valence-electron chi connectivity index (χ3n) is 2.29. The zero-order valence-corrected chi connectivity index (χ0v) is 9.98. The zero-order chi connectivity index (χ0) is 15.3. The van der Waals surface area contributed by atoms with E-state index in [-0.39, 0.29) is 5.75 Å². The number of aliphatic carboxylic acids is 1. The van der Waals surface area contributed by atoms with Crippen LogP contribution in [0.1, 0.15) is 5.56 Å². The zero-order valence-electron chi connectivity index (χ0n) is 9.98. The molecule has 0 aliphatic carbocycles. The van der Waals surface area contributed by atoms with E-state index in [0.29, 0.717) is 5.56 Å². The van der Waals surface area contributed by atoms with Gasteiger partial charge in [0.05, 0.1) is 5.56 Å². The molecule has 0 spiro atoms. The Morgan fingerprint density at radius 2 is 1.70 bits per heavy atom. The highest BCUT2D eigenvalue weighted by atomic mass is 19.4.